The van der Waals surface area contributed by atoms with Gasteiger partial charge in [-0.1, -0.05) is 36.8 Å². The predicted octanol–water partition coefficient (Wildman–Crippen LogP) is 4.54. The van der Waals surface area contributed by atoms with Gasteiger partial charge in [-0.15, -0.1) is 0 Å². The highest BCUT2D eigenvalue weighted by molar-refractivity contribution is 7.92. The molecule has 0 radical (unpaired) electrons. The first-order chi connectivity index (χ1) is 19.5. The summed E-state index contributed by atoms with van der Waals surface area (Å²) in [7, 11) is -1.08. The maximum atomic E-state index is 14.1. The Morgan fingerprint density at radius 2 is 1.54 bits per heavy atom. The maximum absolute atomic E-state index is 14.1. The monoisotopic (exact) mass is 581 g/mol. The molecule has 3 aromatic rings. The fraction of sp³-hybridized carbons (Fsp3) is 0.355. The van der Waals surface area contributed by atoms with Crippen molar-refractivity contribution < 1.29 is 27.5 Å². The van der Waals surface area contributed by atoms with Crippen molar-refractivity contribution in [2.24, 2.45) is 0 Å². The van der Waals surface area contributed by atoms with Crippen molar-refractivity contribution in [2.45, 2.75) is 57.6 Å². The summed E-state index contributed by atoms with van der Waals surface area (Å²) in [6.45, 7) is 6.95. The zero-order valence-corrected chi connectivity index (χ0v) is 25.3. The number of amides is 2. The van der Waals surface area contributed by atoms with Crippen molar-refractivity contribution >= 4 is 27.5 Å². The molecule has 0 aliphatic carbocycles. The second kappa shape index (κ2) is 14.0. The predicted molar refractivity (Wildman–Crippen MR) is 160 cm³/mol. The van der Waals surface area contributed by atoms with Gasteiger partial charge in [0.25, 0.3) is 10.0 Å². The molecule has 220 valence electrons. The van der Waals surface area contributed by atoms with E-state index < -0.39 is 28.5 Å². The molecule has 1 atom stereocenters. The molecule has 1 N–H and O–H groups in total. The number of carbonyl (C=O) groups is 2. The van der Waals surface area contributed by atoms with Crippen LogP contribution in [0, 0.1) is 6.92 Å². The third-order valence-corrected chi connectivity index (χ3v) is 8.34. The van der Waals surface area contributed by atoms with Crippen molar-refractivity contribution in [1.82, 2.24) is 10.2 Å². The first kappa shape index (κ1) is 31.5. The van der Waals surface area contributed by atoms with E-state index in [2.05, 4.69) is 5.32 Å². The van der Waals surface area contributed by atoms with E-state index >= 15 is 0 Å². The van der Waals surface area contributed by atoms with Gasteiger partial charge < -0.3 is 19.7 Å². The molecule has 3 rings (SSSR count). The molecule has 0 aliphatic rings. The molecule has 0 spiro atoms. The zero-order valence-electron chi connectivity index (χ0n) is 24.5. The van der Waals surface area contributed by atoms with Crippen LogP contribution in [-0.2, 0) is 26.2 Å². The first-order valence-corrected chi connectivity index (χ1v) is 14.9. The summed E-state index contributed by atoms with van der Waals surface area (Å²) < 4.78 is 39.6. The summed E-state index contributed by atoms with van der Waals surface area (Å²) >= 11 is 0. The third-order valence-electron chi connectivity index (χ3n) is 6.55. The highest BCUT2D eigenvalue weighted by Gasteiger charge is 2.34. The summed E-state index contributed by atoms with van der Waals surface area (Å²) in [5.41, 5.74) is 1.94. The van der Waals surface area contributed by atoms with Gasteiger partial charge in [0.15, 0.2) is 0 Å². The lowest BCUT2D eigenvalue weighted by Gasteiger charge is -2.33. The standard InChI is InChI=1S/C31H39N3O6S/c1-7-29(31(36)32-22(2)3)33(20-24-9-8-10-27(19-24)40-6)30(35)21-34(25-13-15-26(39-5)16-14-25)41(37,38)28-17-11-23(4)12-18-28/h8-19,22,29H,7,20-21H2,1-6H3,(H,32,36)/t29-/m1/s1. The fourth-order valence-corrected chi connectivity index (χ4v) is 5.80. The van der Waals surface area contributed by atoms with Crippen LogP contribution in [0.1, 0.15) is 38.3 Å². The zero-order chi connectivity index (χ0) is 30.2. The Balaban J connectivity index is 2.07. The van der Waals surface area contributed by atoms with E-state index in [1.54, 1.807) is 61.7 Å². The molecule has 3 aromatic carbocycles. The molecular formula is C31H39N3O6S. The molecule has 0 fully saturated rings. The van der Waals surface area contributed by atoms with Gasteiger partial charge in [-0.05, 0) is 81.3 Å². The van der Waals surface area contributed by atoms with E-state index in [-0.39, 0.29) is 23.4 Å². The number of aryl methyl sites for hydroxylation is 1. The lowest BCUT2D eigenvalue weighted by atomic mass is 10.1. The normalized spacial score (nSPS) is 12.0. The number of carbonyl (C=O) groups excluding carboxylic acids is 2. The minimum atomic E-state index is -4.15. The Morgan fingerprint density at radius 3 is 2.10 bits per heavy atom. The molecule has 10 heteroatoms. The number of ether oxygens (including phenoxy) is 2. The molecule has 9 nitrogen and oxygen atoms in total. The molecule has 2 amide bonds. The van der Waals surface area contributed by atoms with Crippen LogP contribution in [0.5, 0.6) is 11.5 Å². The summed E-state index contributed by atoms with van der Waals surface area (Å²) in [6, 6.07) is 19.2. The number of sulfonamides is 1. The molecular weight excluding hydrogens is 542 g/mol. The van der Waals surface area contributed by atoms with E-state index in [0.29, 0.717) is 23.6 Å². The van der Waals surface area contributed by atoms with Crippen LogP contribution in [0.3, 0.4) is 0 Å². The average Bonchev–Trinajstić information content (AvgIpc) is 2.95. The summed E-state index contributed by atoms with van der Waals surface area (Å²) in [6.07, 6.45) is 0.335. The lowest BCUT2D eigenvalue weighted by molar-refractivity contribution is -0.140. The number of rotatable bonds is 13. The van der Waals surface area contributed by atoms with Crippen molar-refractivity contribution in [3.05, 3.63) is 83.9 Å². The fourth-order valence-electron chi connectivity index (χ4n) is 4.38. The highest BCUT2D eigenvalue weighted by Crippen LogP contribution is 2.27. The SMILES string of the molecule is CC[C@H](C(=O)NC(C)C)N(Cc1cccc(OC)c1)C(=O)CN(c1ccc(OC)cc1)S(=O)(=O)c1ccc(C)cc1. The Labute approximate surface area is 243 Å². The molecule has 0 heterocycles. The Bertz CT molecular complexity index is 1420. The van der Waals surface area contributed by atoms with Crippen LogP contribution in [0.25, 0.3) is 0 Å². The second-order valence-electron chi connectivity index (χ2n) is 9.98. The van der Waals surface area contributed by atoms with Crippen molar-refractivity contribution in [3.63, 3.8) is 0 Å². The Morgan fingerprint density at radius 1 is 0.902 bits per heavy atom. The van der Waals surface area contributed by atoms with Crippen LogP contribution in [-0.4, -0.2) is 58.0 Å². The van der Waals surface area contributed by atoms with Gasteiger partial charge in [0, 0.05) is 12.6 Å². The van der Waals surface area contributed by atoms with Crippen LogP contribution >= 0.6 is 0 Å². The van der Waals surface area contributed by atoms with E-state index in [1.165, 1.54) is 24.1 Å². The maximum Gasteiger partial charge on any atom is 0.264 e. The Hall–Kier alpha value is -4.05. The number of anilines is 1. The van der Waals surface area contributed by atoms with Crippen molar-refractivity contribution in [3.8, 4) is 11.5 Å². The van der Waals surface area contributed by atoms with Gasteiger partial charge in [0.2, 0.25) is 11.8 Å². The molecule has 41 heavy (non-hydrogen) atoms. The second-order valence-corrected chi connectivity index (χ2v) is 11.8. The van der Waals surface area contributed by atoms with E-state index in [9.17, 15) is 18.0 Å². The molecule has 0 aliphatic heterocycles. The van der Waals surface area contributed by atoms with Crippen LogP contribution in [0.4, 0.5) is 5.69 Å². The van der Waals surface area contributed by atoms with Gasteiger partial charge in [-0.25, -0.2) is 8.42 Å². The van der Waals surface area contributed by atoms with Crippen LogP contribution in [0.15, 0.2) is 77.7 Å². The van der Waals surface area contributed by atoms with Crippen LogP contribution in [0.2, 0.25) is 0 Å². The number of hydrogen-bond donors (Lipinski definition) is 1. The summed E-state index contributed by atoms with van der Waals surface area (Å²) in [5, 5.41) is 2.89. The number of benzene rings is 3. The molecule has 0 saturated heterocycles. The third kappa shape index (κ3) is 8.00. The van der Waals surface area contributed by atoms with E-state index in [4.69, 9.17) is 9.47 Å². The van der Waals surface area contributed by atoms with E-state index in [1.807, 2.05) is 33.8 Å². The van der Waals surface area contributed by atoms with Gasteiger partial charge in [0.05, 0.1) is 24.8 Å². The quantitative estimate of drug-likeness (QED) is 0.318. The highest BCUT2D eigenvalue weighted by atomic mass is 32.2. The Kier molecular flexibility index (Phi) is 10.8. The molecule has 0 aromatic heterocycles. The number of methoxy groups -OCH3 is 2. The smallest absolute Gasteiger partial charge is 0.264 e. The number of nitrogens with zero attached hydrogens (tertiary/aromatic N) is 2. The van der Waals surface area contributed by atoms with E-state index in [0.717, 1.165) is 15.4 Å². The topological polar surface area (TPSA) is 105 Å². The van der Waals surface area contributed by atoms with Crippen molar-refractivity contribution in [1.29, 1.82) is 0 Å². The number of nitrogens with one attached hydrogen (secondary N) is 1. The minimum Gasteiger partial charge on any atom is -0.497 e. The van der Waals surface area contributed by atoms with Gasteiger partial charge in [-0.3, -0.25) is 13.9 Å². The first-order valence-electron chi connectivity index (χ1n) is 13.5. The average molecular weight is 582 g/mol. The van der Waals surface area contributed by atoms with Crippen molar-refractivity contribution in [2.75, 3.05) is 25.1 Å². The van der Waals surface area contributed by atoms with Gasteiger partial charge in [-0.2, -0.15) is 0 Å². The molecule has 0 bridgehead atoms. The van der Waals surface area contributed by atoms with Gasteiger partial charge in [0.1, 0.15) is 24.1 Å². The largest absolute Gasteiger partial charge is 0.497 e. The van der Waals surface area contributed by atoms with Crippen LogP contribution < -0.4 is 19.1 Å². The lowest BCUT2D eigenvalue weighted by Crippen LogP contribution is -2.53. The molecule has 0 saturated carbocycles. The number of hydrogen-bond acceptors (Lipinski definition) is 6. The summed E-state index contributed by atoms with van der Waals surface area (Å²) in [4.78, 5) is 28.9. The minimum absolute atomic E-state index is 0.0515. The summed E-state index contributed by atoms with van der Waals surface area (Å²) in [5.74, 6) is 0.321. The van der Waals surface area contributed by atoms with Gasteiger partial charge >= 0.3 is 0 Å². The molecule has 0 unspecified atom stereocenters.